The second kappa shape index (κ2) is 10.9. The molecular formula is C29H28ClN5O2S. The summed E-state index contributed by atoms with van der Waals surface area (Å²) < 4.78 is 7.09. The highest BCUT2D eigenvalue weighted by Crippen LogP contribution is 2.44. The molecule has 7 nitrogen and oxygen atoms in total. The van der Waals surface area contributed by atoms with Gasteiger partial charge in [0, 0.05) is 36.1 Å². The highest BCUT2D eigenvalue weighted by atomic mass is 35.5. The number of carbonyl (C=O) groups is 1. The third-order valence-electron chi connectivity index (χ3n) is 6.69. The molecule has 194 valence electrons. The van der Waals surface area contributed by atoms with E-state index in [0.717, 1.165) is 34.0 Å². The molecule has 1 aliphatic heterocycles. The van der Waals surface area contributed by atoms with Gasteiger partial charge >= 0.3 is 0 Å². The van der Waals surface area contributed by atoms with Gasteiger partial charge in [-0.05, 0) is 86.2 Å². The fourth-order valence-corrected chi connectivity index (χ4v) is 5.64. The summed E-state index contributed by atoms with van der Waals surface area (Å²) in [6.07, 6.45) is 1.80. The molecule has 0 unspecified atom stereocenters. The first-order valence-corrected chi connectivity index (χ1v) is 13.0. The predicted molar refractivity (Wildman–Crippen MR) is 155 cm³/mol. The number of aryl methyl sites for hydroxylation is 1. The fraction of sp³-hybridized carbons (Fsp3) is 0.207. The number of amides is 1. The number of hydrogen-bond acceptors (Lipinski definition) is 4. The lowest BCUT2D eigenvalue weighted by Gasteiger charge is -2.28. The van der Waals surface area contributed by atoms with E-state index in [2.05, 4.69) is 45.0 Å². The lowest BCUT2D eigenvalue weighted by Crippen LogP contribution is -2.29. The first-order chi connectivity index (χ1) is 18.4. The Bertz CT molecular complexity index is 1470. The molecule has 1 saturated heterocycles. The highest BCUT2D eigenvalue weighted by Gasteiger charge is 2.42. The third kappa shape index (κ3) is 4.90. The number of methoxy groups -OCH3 is 1. The molecule has 0 bridgehead atoms. The van der Waals surface area contributed by atoms with E-state index in [0.29, 0.717) is 15.8 Å². The summed E-state index contributed by atoms with van der Waals surface area (Å²) in [5.41, 5.74) is 6.67. The SMILES string of the molecule is COCC(=O)Nc1ccc(N2C(=S)N[C@H](c3ccccn3)[C@H]2c2cc(C)n(-c3ccccc3Cl)c2C)cc1. The van der Waals surface area contributed by atoms with Gasteiger partial charge in [0.25, 0.3) is 0 Å². The Labute approximate surface area is 232 Å². The van der Waals surface area contributed by atoms with Crippen LogP contribution in [0.2, 0.25) is 5.02 Å². The minimum atomic E-state index is -0.210. The Balaban J connectivity index is 1.59. The van der Waals surface area contributed by atoms with Crippen molar-refractivity contribution in [2.45, 2.75) is 25.9 Å². The van der Waals surface area contributed by atoms with Gasteiger partial charge in [0.15, 0.2) is 5.11 Å². The van der Waals surface area contributed by atoms with Crippen LogP contribution in [0.5, 0.6) is 0 Å². The van der Waals surface area contributed by atoms with Crippen LogP contribution in [-0.2, 0) is 9.53 Å². The van der Waals surface area contributed by atoms with E-state index in [9.17, 15) is 4.79 Å². The summed E-state index contributed by atoms with van der Waals surface area (Å²) in [6.45, 7) is 4.18. The zero-order valence-electron chi connectivity index (χ0n) is 21.3. The zero-order chi connectivity index (χ0) is 26.8. The number of nitrogens with one attached hydrogen (secondary N) is 2. The lowest BCUT2D eigenvalue weighted by atomic mass is 9.96. The number of para-hydroxylation sites is 1. The van der Waals surface area contributed by atoms with Crippen LogP contribution in [0.3, 0.4) is 0 Å². The first kappa shape index (κ1) is 25.9. The van der Waals surface area contributed by atoms with E-state index in [1.807, 2.05) is 66.7 Å². The van der Waals surface area contributed by atoms with Crippen molar-refractivity contribution in [2.75, 3.05) is 23.9 Å². The molecule has 3 heterocycles. The number of aromatic nitrogens is 2. The normalized spacial score (nSPS) is 16.9. The molecule has 0 saturated carbocycles. The molecule has 5 rings (SSSR count). The summed E-state index contributed by atoms with van der Waals surface area (Å²) in [7, 11) is 1.49. The number of hydrogen-bond donors (Lipinski definition) is 2. The number of ether oxygens (including phenoxy) is 1. The fourth-order valence-electron chi connectivity index (χ4n) is 5.07. The topological polar surface area (TPSA) is 71.4 Å². The molecule has 0 aliphatic carbocycles. The Morgan fingerprint density at radius 2 is 1.84 bits per heavy atom. The van der Waals surface area contributed by atoms with Crippen LogP contribution < -0.4 is 15.5 Å². The van der Waals surface area contributed by atoms with E-state index in [1.165, 1.54) is 7.11 Å². The van der Waals surface area contributed by atoms with Crippen molar-refractivity contribution >= 4 is 46.2 Å². The van der Waals surface area contributed by atoms with Crippen molar-refractivity contribution in [1.29, 1.82) is 0 Å². The first-order valence-electron chi connectivity index (χ1n) is 12.2. The zero-order valence-corrected chi connectivity index (χ0v) is 22.9. The van der Waals surface area contributed by atoms with Crippen molar-refractivity contribution in [1.82, 2.24) is 14.9 Å². The molecular weight excluding hydrogens is 518 g/mol. The van der Waals surface area contributed by atoms with Gasteiger partial charge in [0.05, 0.1) is 28.5 Å². The summed E-state index contributed by atoms with van der Waals surface area (Å²) in [4.78, 5) is 18.7. The van der Waals surface area contributed by atoms with E-state index < -0.39 is 0 Å². The Morgan fingerprint density at radius 1 is 1.11 bits per heavy atom. The Hall–Kier alpha value is -3.72. The molecule has 4 aromatic rings. The second-order valence-corrected chi connectivity index (χ2v) is 9.93. The van der Waals surface area contributed by atoms with Gasteiger partial charge in [-0.2, -0.15) is 0 Å². The number of anilines is 2. The number of carbonyl (C=O) groups excluding carboxylic acids is 1. The summed E-state index contributed by atoms with van der Waals surface area (Å²) in [5.74, 6) is -0.210. The van der Waals surface area contributed by atoms with Crippen LogP contribution in [0.25, 0.3) is 5.69 Å². The third-order valence-corrected chi connectivity index (χ3v) is 7.32. The predicted octanol–water partition coefficient (Wildman–Crippen LogP) is 5.90. The summed E-state index contributed by atoms with van der Waals surface area (Å²) in [5, 5.41) is 7.63. The monoisotopic (exact) mass is 545 g/mol. The summed E-state index contributed by atoms with van der Waals surface area (Å²) in [6, 6.07) is 23.2. The van der Waals surface area contributed by atoms with Gasteiger partial charge < -0.3 is 24.8 Å². The molecule has 0 spiro atoms. The molecule has 1 fully saturated rings. The second-order valence-electron chi connectivity index (χ2n) is 9.14. The number of halogens is 1. The number of benzene rings is 2. The van der Waals surface area contributed by atoms with Crippen LogP contribution in [0.15, 0.2) is 79.0 Å². The van der Waals surface area contributed by atoms with Gasteiger partial charge in [-0.25, -0.2) is 0 Å². The lowest BCUT2D eigenvalue weighted by molar-refractivity contribution is -0.119. The van der Waals surface area contributed by atoms with Crippen LogP contribution in [-0.4, -0.2) is 34.3 Å². The van der Waals surface area contributed by atoms with E-state index in [1.54, 1.807) is 6.20 Å². The molecule has 1 aliphatic rings. The molecule has 2 atom stereocenters. The van der Waals surface area contributed by atoms with Gasteiger partial charge in [-0.15, -0.1) is 0 Å². The number of thiocarbonyl (C=S) groups is 1. The van der Waals surface area contributed by atoms with Crippen molar-refractivity contribution in [3.05, 3.63) is 107 Å². The van der Waals surface area contributed by atoms with Gasteiger partial charge in [-0.3, -0.25) is 9.78 Å². The highest BCUT2D eigenvalue weighted by molar-refractivity contribution is 7.80. The maximum absolute atomic E-state index is 12.0. The molecule has 2 N–H and O–H groups in total. The number of nitrogens with zero attached hydrogens (tertiary/aromatic N) is 3. The van der Waals surface area contributed by atoms with E-state index in [-0.39, 0.29) is 24.6 Å². The molecule has 38 heavy (non-hydrogen) atoms. The maximum atomic E-state index is 12.0. The molecule has 2 aromatic heterocycles. The summed E-state index contributed by atoms with van der Waals surface area (Å²) >= 11 is 12.5. The Morgan fingerprint density at radius 3 is 2.53 bits per heavy atom. The molecule has 1 amide bonds. The average molecular weight is 546 g/mol. The van der Waals surface area contributed by atoms with E-state index in [4.69, 9.17) is 28.6 Å². The van der Waals surface area contributed by atoms with E-state index >= 15 is 0 Å². The van der Waals surface area contributed by atoms with Crippen LogP contribution in [0.4, 0.5) is 11.4 Å². The quantitative estimate of drug-likeness (QED) is 0.282. The molecule has 9 heteroatoms. The van der Waals surface area contributed by atoms with Crippen molar-refractivity contribution in [2.24, 2.45) is 0 Å². The van der Waals surface area contributed by atoms with Crippen LogP contribution in [0, 0.1) is 13.8 Å². The Kier molecular flexibility index (Phi) is 7.46. The molecule has 0 radical (unpaired) electrons. The maximum Gasteiger partial charge on any atom is 0.250 e. The number of rotatable bonds is 7. The average Bonchev–Trinajstić information content (AvgIpc) is 3.40. The van der Waals surface area contributed by atoms with Crippen molar-refractivity contribution in [3.8, 4) is 5.69 Å². The van der Waals surface area contributed by atoms with Crippen molar-refractivity contribution < 1.29 is 9.53 Å². The smallest absolute Gasteiger partial charge is 0.250 e. The standard InChI is InChI=1S/C29H28ClN5O2S/c1-18-16-22(19(2)34(18)25-10-5-4-8-23(25)30)28-27(24-9-6-7-15-31-24)33-29(38)35(28)21-13-11-20(12-14-21)32-26(36)17-37-3/h4-16,27-28H,17H2,1-3H3,(H,32,36)(H,33,38)/t27-,28-/m1/s1. The molecule has 2 aromatic carbocycles. The largest absolute Gasteiger partial charge is 0.375 e. The van der Waals surface area contributed by atoms with Gasteiger partial charge in [0.2, 0.25) is 5.91 Å². The van der Waals surface area contributed by atoms with Crippen molar-refractivity contribution in [3.63, 3.8) is 0 Å². The van der Waals surface area contributed by atoms with Crippen LogP contribution >= 0.6 is 23.8 Å². The number of pyridine rings is 1. The minimum Gasteiger partial charge on any atom is -0.375 e. The van der Waals surface area contributed by atoms with Gasteiger partial charge in [-0.1, -0.05) is 29.8 Å². The van der Waals surface area contributed by atoms with Gasteiger partial charge in [0.1, 0.15) is 6.61 Å². The van der Waals surface area contributed by atoms with Crippen LogP contribution in [0.1, 0.15) is 34.7 Å². The minimum absolute atomic E-state index is 0.00321.